The van der Waals surface area contributed by atoms with Crippen LogP contribution in [0.3, 0.4) is 0 Å². The van der Waals surface area contributed by atoms with Crippen molar-refractivity contribution in [3.63, 3.8) is 0 Å². The van der Waals surface area contributed by atoms with Crippen LogP contribution in [0.2, 0.25) is 0 Å². The lowest BCUT2D eigenvalue weighted by molar-refractivity contribution is -0.137. The molecule has 4 unspecified atom stereocenters. The molecule has 3 aromatic rings. The quantitative estimate of drug-likeness (QED) is 0.555. The average Bonchev–Trinajstić information content (AvgIpc) is 3.14. The fourth-order valence-corrected chi connectivity index (χ4v) is 6.07. The van der Waals surface area contributed by atoms with Gasteiger partial charge in [-0.15, -0.1) is 11.3 Å². The second kappa shape index (κ2) is 6.99. The maximum absolute atomic E-state index is 13.7. The predicted molar refractivity (Wildman–Crippen MR) is 114 cm³/mol. The van der Waals surface area contributed by atoms with E-state index in [9.17, 15) is 18.0 Å². The Morgan fingerprint density at radius 1 is 1.21 bits per heavy atom. The van der Waals surface area contributed by atoms with Gasteiger partial charge >= 0.3 is 6.18 Å². The van der Waals surface area contributed by atoms with E-state index < -0.39 is 11.7 Å². The molecule has 33 heavy (non-hydrogen) atoms. The minimum Gasteiger partial charge on any atom is -0.472 e. The largest absolute Gasteiger partial charge is 0.472 e. The summed E-state index contributed by atoms with van der Waals surface area (Å²) >= 11 is 1.43. The lowest BCUT2D eigenvalue weighted by atomic mass is 9.73. The summed E-state index contributed by atoms with van der Waals surface area (Å²) < 4.78 is 44.4. The fraction of sp³-hybridized carbons (Fsp3) is 0.391. The Balaban J connectivity index is 1.26. The molecule has 3 aliphatic rings. The van der Waals surface area contributed by atoms with Crippen molar-refractivity contribution in [2.24, 2.45) is 11.3 Å². The smallest absolute Gasteiger partial charge is 0.417 e. The molecule has 0 radical (unpaired) electrons. The Hall–Kier alpha value is -3.01. The van der Waals surface area contributed by atoms with Gasteiger partial charge in [0, 0.05) is 42.0 Å². The van der Waals surface area contributed by atoms with Crippen LogP contribution in [0.25, 0.3) is 10.7 Å². The molecule has 0 aromatic carbocycles. The van der Waals surface area contributed by atoms with E-state index in [1.165, 1.54) is 17.4 Å². The molecule has 10 heteroatoms. The summed E-state index contributed by atoms with van der Waals surface area (Å²) in [6.07, 6.45) is 1.27. The summed E-state index contributed by atoms with van der Waals surface area (Å²) in [5, 5.41) is 2.53. The van der Waals surface area contributed by atoms with Gasteiger partial charge in [0.1, 0.15) is 16.8 Å². The van der Waals surface area contributed by atoms with E-state index in [1.807, 2.05) is 23.3 Å². The number of pyridine rings is 2. The van der Waals surface area contributed by atoms with Crippen molar-refractivity contribution in [1.29, 1.82) is 0 Å². The molecule has 1 spiro atoms. The zero-order chi connectivity index (χ0) is 23.0. The van der Waals surface area contributed by atoms with E-state index >= 15 is 0 Å². The van der Waals surface area contributed by atoms with Gasteiger partial charge in [-0.05, 0) is 43.4 Å². The van der Waals surface area contributed by atoms with Gasteiger partial charge in [-0.1, -0.05) is 0 Å². The van der Waals surface area contributed by atoms with Gasteiger partial charge < -0.3 is 9.64 Å². The molecule has 1 saturated heterocycles. The van der Waals surface area contributed by atoms with Crippen molar-refractivity contribution in [3.8, 4) is 16.6 Å². The van der Waals surface area contributed by atoms with Crippen molar-refractivity contribution < 1.29 is 22.7 Å². The summed E-state index contributed by atoms with van der Waals surface area (Å²) in [7, 11) is 0. The number of hydrogen-bond donors (Lipinski definition) is 0. The van der Waals surface area contributed by atoms with Gasteiger partial charge in [0.25, 0.3) is 5.91 Å². The molecule has 4 heterocycles. The molecule has 6 nitrogen and oxygen atoms in total. The summed E-state index contributed by atoms with van der Waals surface area (Å²) in [6.45, 7) is 2.54. The van der Waals surface area contributed by atoms with E-state index in [0.717, 1.165) is 30.7 Å². The molecule has 1 amide bonds. The Morgan fingerprint density at radius 3 is 2.76 bits per heavy atom. The van der Waals surface area contributed by atoms with Crippen LogP contribution >= 0.6 is 11.3 Å². The first kappa shape index (κ1) is 20.6. The van der Waals surface area contributed by atoms with Crippen LogP contribution in [0.4, 0.5) is 13.2 Å². The zero-order valence-electron chi connectivity index (χ0n) is 17.5. The highest BCUT2D eigenvalue weighted by Crippen LogP contribution is 2.71. The summed E-state index contributed by atoms with van der Waals surface area (Å²) in [6, 6.07) is 3.93. The molecular formula is C23H19F3N4O2S. The molecule has 4 atom stereocenters. The van der Waals surface area contributed by atoms with E-state index in [-0.39, 0.29) is 29.3 Å². The number of thiazole rings is 1. The standard InChI is InChI=1S/C23H19F3N4O2S/c1-12-6-15(18(29-9-12)20-27-4-5-33-20)21(31)30-11-14-7-22(14)8-16(19(22)30)32-17-3-2-13(10-28-17)23(24,25)26/h2-6,9-10,14,16,19H,7-8,11H2,1H3. The Kier molecular flexibility index (Phi) is 4.36. The number of ether oxygens (including phenoxy) is 1. The fourth-order valence-electron chi connectivity index (χ4n) is 5.42. The monoisotopic (exact) mass is 472 g/mol. The van der Waals surface area contributed by atoms with Crippen LogP contribution < -0.4 is 4.74 Å². The highest BCUT2D eigenvalue weighted by Gasteiger charge is 2.76. The molecule has 3 aromatic heterocycles. The number of hydrogen-bond acceptors (Lipinski definition) is 6. The number of amides is 1. The number of carbonyl (C=O) groups is 1. The number of aryl methyl sites for hydroxylation is 1. The van der Waals surface area contributed by atoms with E-state index in [4.69, 9.17) is 4.74 Å². The second-order valence-electron chi connectivity index (χ2n) is 9.03. The molecule has 2 saturated carbocycles. The van der Waals surface area contributed by atoms with Crippen LogP contribution in [0.15, 0.2) is 42.2 Å². The lowest BCUT2D eigenvalue weighted by Gasteiger charge is -2.47. The highest BCUT2D eigenvalue weighted by atomic mass is 32.1. The first-order valence-corrected chi connectivity index (χ1v) is 11.5. The van der Waals surface area contributed by atoms with E-state index in [1.54, 1.807) is 12.4 Å². The number of rotatable bonds is 4. The number of alkyl halides is 3. The average molecular weight is 472 g/mol. The third-order valence-corrected chi connectivity index (χ3v) is 7.82. The van der Waals surface area contributed by atoms with Crippen molar-refractivity contribution in [3.05, 3.63) is 58.9 Å². The number of likely N-dealkylation sites (tertiary alicyclic amines) is 1. The van der Waals surface area contributed by atoms with Crippen LogP contribution in [0.5, 0.6) is 5.88 Å². The molecule has 2 aliphatic carbocycles. The third-order valence-electron chi connectivity index (χ3n) is 7.04. The van der Waals surface area contributed by atoms with Crippen LogP contribution in [-0.4, -0.2) is 44.4 Å². The normalized spacial score (nSPS) is 27.5. The van der Waals surface area contributed by atoms with Crippen LogP contribution in [0.1, 0.15) is 34.3 Å². The van der Waals surface area contributed by atoms with Crippen molar-refractivity contribution in [2.45, 2.75) is 38.1 Å². The Labute approximate surface area is 191 Å². The van der Waals surface area contributed by atoms with Gasteiger partial charge in [-0.3, -0.25) is 9.78 Å². The maximum Gasteiger partial charge on any atom is 0.417 e. The van der Waals surface area contributed by atoms with Gasteiger partial charge in [-0.2, -0.15) is 13.2 Å². The number of piperidine rings is 1. The van der Waals surface area contributed by atoms with Gasteiger partial charge in [0.2, 0.25) is 5.88 Å². The molecular weight excluding hydrogens is 453 g/mol. The lowest BCUT2D eigenvalue weighted by Crippen LogP contribution is -2.59. The van der Waals surface area contributed by atoms with Crippen molar-refractivity contribution >= 4 is 17.2 Å². The molecule has 0 N–H and O–H groups in total. The predicted octanol–water partition coefficient (Wildman–Crippen LogP) is 4.61. The summed E-state index contributed by atoms with van der Waals surface area (Å²) in [5.74, 6) is 0.467. The summed E-state index contributed by atoms with van der Waals surface area (Å²) in [4.78, 5) is 28.2. The number of carbonyl (C=O) groups excluding carboxylic acids is 1. The molecule has 3 fully saturated rings. The topological polar surface area (TPSA) is 68.2 Å². The Morgan fingerprint density at radius 2 is 2.06 bits per heavy atom. The first-order chi connectivity index (χ1) is 15.8. The first-order valence-electron chi connectivity index (χ1n) is 10.6. The minimum atomic E-state index is -4.45. The number of halogens is 3. The van der Waals surface area contributed by atoms with Gasteiger partial charge in [0.15, 0.2) is 0 Å². The minimum absolute atomic E-state index is 0.0604. The Bertz CT molecular complexity index is 1230. The van der Waals surface area contributed by atoms with Gasteiger partial charge in [0.05, 0.1) is 17.2 Å². The zero-order valence-corrected chi connectivity index (χ0v) is 18.4. The van der Waals surface area contributed by atoms with Crippen molar-refractivity contribution in [1.82, 2.24) is 19.9 Å². The SMILES string of the molecule is Cc1cnc(-c2nccs2)c(C(=O)N2CC3CC34CC(Oc3ccc(C(F)(F)F)cn3)C24)c1. The molecule has 6 rings (SSSR count). The molecule has 0 bridgehead atoms. The number of nitrogens with zero attached hydrogens (tertiary/aromatic N) is 4. The number of aromatic nitrogens is 3. The van der Waals surface area contributed by atoms with Crippen LogP contribution in [-0.2, 0) is 6.18 Å². The second-order valence-corrected chi connectivity index (χ2v) is 9.92. The summed E-state index contributed by atoms with van der Waals surface area (Å²) in [5.41, 5.74) is 1.20. The van der Waals surface area contributed by atoms with Crippen LogP contribution in [0, 0.1) is 18.3 Å². The van der Waals surface area contributed by atoms with Crippen molar-refractivity contribution in [2.75, 3.05) is 6.54 Å². The highest BCUT2D eigenvalue weighted by molar-refractivity contribution is 7.13. The van der Waals surface area contributed by atoms with E-state index in [2.05, 4.69) is 15.0 Å². The third kappa shape index (κ3) is 3.22. The van der Waals surface area contributed by atoms with Gasteiger partial charge in [-0.25, -0.2) is 9.97 Å². The van der Waals surface area contributed by atoms with E-state index in [0.29, 0.717) is 28.7 Å². The maximum atomic E-state index is 13.7. The molecule has 1 aliphatic heterocycles. The molecule has 170 valence electrons.